The Labute approximate surface area is 94.5 Å². The average Bonchev–Trinajstić information content (AvgIpc) is 2.43. The third-order valence-corrected chi connectivity index (χ3v) is 4.74. The molecule has 0 amide bonds. The second-order valence-corrected chi connectivity index (χ2v) is 5.79. The Morgan fingerprint density at radius 2 is 2.13 bits per heavy atom. The largest absolute Gasteiger partial charge is 0.0998 e. The highest BCUT2D eigenvalue weighted by Crippen LogP contribution is 2.47. The lowest BCUT2D eigenvalue weighted by Crippen LogP contribution is -2.16. The number of hydrogen-bond donors (Lipinski definition) is 0. The topological polar surface area (TPSA) is 0 Å². The van der Waals surface area contributed by atoms with Crippen molar-refractivity contribution in [1.82, 2.24) is 0 Å². The lowest BCUT2D eigenvalue weighted by atomic mass is 9.80. The molecule has 2 rings (SSSR count). The smallest absolute Gasteiger partial charge is 0.0171 e. The SMILES string of the molecule is C=C(C)[C@@H]1CC=C(C)[C@H]2CC[C@@H](C)[C@H]2C1. The Kier molecular flexibility index (Phi) is 3.04. The minimum atomic E-state index is 0.746. The summed E-state index contributed by atoms with van der Waals surface area (Å²) in [5.41, 5.74) is 3.05. The molecule has 0 unspecified atom stereocenters. The fourth-order valence-corrected chi connectivity index (χ4v) is 3.54. The molecule has 0 heteroatoms. The molecule has 0 nitrogen and oxygen atoms in total. The summed E-state index contributed by atoms with van der Waals surface area (Å²) in [5, 5.41) is 0. The monoisotopic (exact) mass is 204 g/mol. The van der Waals surface area contributed by atoms with Gasteiger partial charge in [0.25, 0.3) is 0 Å². The summed E-state index contributed by atoms with van der Waals surface area (Å²) in [5.74, 6) is 3.50. The van der Waals surface area contributed by atoms with Crippen LogP contribution in [-0.4, -0.2) is 0 Å². The number of fused-ring (bicyclic) bond motifs is 1. The van der Waals surface area contributed by atoms with Crippen LogP contribution in [0.3, 0.4) is 0 Å². The maximum absolute atomic E-state index is 4.16. The molecule has 0 aliphatic heterocycles. The van der Waals surface area contributed by atoms with Gasteiger partial charge in [-0.2, -0.15) is 0 Å². The van der Waals surface area contributed by atoms with Crippen molar-refractivity contribution in [1.29, 1.82) is 0 Å². The van der Waals surface area contributed by atoms with E-state index in [1.807, 2.05) is 0 Å². The van der Waals surface area contributed by atoms with Crippen molar-refractivity contribution in [3.8, 4) is 0 Å². The number of rotatable bonds is 1. The molecule has 84 valence electrons. The predicted molar refractivity (Wildman–Crippen MR) is 66.7 cm³/mol. The van der Waals surface area contributed by atoms with E-state index < -0.39 is 0 Å². The van der Waals surface area contributed by atoms with Crippen molar-refractivity contribution in [3.05, 3.63) is 23.8 Å². The quantitative estimate of drug-likeness (QED) is 0.548. The van der Waals surface area contributed by atoms with Gasteiger partial charge in [-0.05, 0) is 63.2 Å². The van der Waals surface area contributed by atoms with Crippen LogP contribution in [0.25, 0.3) is 0 Å². The highest BCUT2D eigenvalue weighted by molar-refractivity contribution is 5.14. The maximum Gasteiger partial charge on any atom is -0.0171 e. The van der Waals surface area contributed by atoms with Gasteiger partial charge >= 0.3 is 0 Å². The molecule has 0 N–H and O–H groups in total. The summed E-state index contributed by atoms with van der Waals surface area (Å²) in [6.45, 7) is 11.1. The summed E-state index contributed by atoms with van der Waals surface area (Å²) in [4.78, 5) is 0. The Morgan fingerprint density at radius 1 is 1.40 bits per heavy atom. The molecule has 0 bridgehead atoms. The van der Waals surface area contributed by atoms with E-state index in [9.17, 15) is 0 Å². The second-order valence-electron chi connectivity index (χ2n) is 5.79. The normalized spacial score (nSPS) is 40.6. The van der Waals surface area contributed by atoms with Crippen molar-refractivity contribution >= 4 is 0 Å². The molecule has 2 aliphatic rings. The molecule has 0 radical (unpaired) electrons. The van der Waals surface area contributed by atoms with E-state index in [0.29, 0.717) is 0 Å². The van der Waals surface area contributed by atoms with Gasteiger partial charge in [0, 0.05) is 0 Å². The molecular formula is C15H24. The molecule has 0 saturated heterocycles. The predicted octanol–water partition coefficient (Wildman–Crippen LogP) is 4.58. The van der Waals surface area contributed by atoms with Crippen LogP contribution in [-0.2, 0) is 0 Å². The lowest BCUT2D eigenvalue weighted by molar-refractivity contribution is 0.305. The maximum atomic E-state index is 4.16. The van der Waals surface area contributed by atoms with Crippen molar-refractivity contribution in [3.63, 3.8) is 0 Å². The van der Waals surface area contributed by atoms with Crippen molar-refractivity contribution < 1.29 is 0 Å². The third kappa shape index (κ3) is 2.04. The summed E-state index contributed by atoms with van der Waals surface area (Å²) >= 11 is 0. The first kappa shape index (κ1) is 11.0. The van der Waals surface area contributed by atoms with Crippen molar-refractivity contribution in [2.24, 2.45) is 23.7 Å². The molecule has 4 atom stereocenters. The van der Waals surface area contributed by atoms with Crippen LogP contribution in [0, 0.1) is 23.7 Å². The van der Waals surface area contributed by atoms with Gasteiger partial charge in [-0.1, -0.05) is 30.7 Å². The Balaban J connectivity index is 2.20. The van der Waals surface area contributed by atoms with Crippen LogP contribution < -0.4 is 0 Å². The molecule has 0 aromatic rings. The fourth-order valence-electron chi connectivity index (χ4n) is 3.54. The van der Waals surface area contributed by atoms with Gasteiger partial charge < -0.3 is 0 Å². The molecule has 2 aliphatic carbocycles. The van der Waals surface area contributed by atoms with Crippen LogP contribution in [0.15, 0.2) is 23.8 Å². The Morgan fingerprint density at radius 3 is 2.80 bits per heavy atom. The van der Waals surface area contributed by atoms with E-state index in [-0.39, 0.29) is 0 Å². The molecule has 0 heterocycles. The van der Waals surface area contributed by atoms with Gasteiger partial charge in [0.2, 0.25) is 0 Å². The summed E-state index contributed by atoms with van der Waals surface area (Å²) in [6, 6.07) is 0. The molecule has 15 heavy (non-hydrogen) atoms. The van der Waals surface area contributed by atoms with E-state index in [4.69, 9.17) is 0 Å². The van der Waals surface area contributed by atoms with Crippen LogP contribution in [0.2, 0.25) is 0 Å². The Bertz CT molecular complexity index is 284. The highest BCUT2D eigenvalue weighted by Gasteiger charge is 2.36. The van der Waals surface area contributed by atoms with Crippen LogP contribution in [0.4, 0.5) is 0 Å². The average molecular weight is 204 g/mol. The second kappa shape index (κ2) is 4.15. The van der Waals surface area contributed by atoms with Crippen LogP contribution in [0.5, 0.6) is 0 Å². The van der Waals surface area contributed by atoms with Gasteiger partial charge in [0.05, 0.1) is 0 Å². The zero-order chi connectivity index (χ0) is 11.0. The van der Waals surface area contributed by atoms with Gasteiger partial charge in [-0.3, -0.25) is 0 Å². The third-order valence-electron chi connectivity index (χ3n) is 4.74. The fraction of sp³-hybridized carbons (Fsp3) is 0.733. The van der Waals surface area contributed by atoms with E-state index >= 15 is 0 Å². The Hall–Kier alpha value is -0.520. The van der Waals surface area contributed by atoms with E-state index in [0.717, 1.165) is 23.7 Å². The van der Waals surface area contributed by atoms with Gasteiger partial charge in [0.15, 0.2) is 0 Å². The first-order valence-electron chi connectivity index (χ1n) is 6.41. The first-order chi connectivity index (χ1) is 7.09. The van der Waals surface area contributed by atoms with Crippen LogP contribution in [0.1, 0.15) is 46.5 Å². The van der Waals surface area contributed by atoms with Crippen molar-refractivity contribution in [2.45, 2.75) is 46.5 Å². The standard InChI is InChI=1S/C15H24/c1-10(2)13-7-5-11(3)14-8-6-12(4)15(14)9-13/h5,12-15H,1,6-9H2,2-4H3/t12-,13-,14-,15-/m1/s1. The van der Waals surface area contributed by atoms with E-state index in [1.54, 1.807) is 5.57 Å². The molecule has 0 spiro atoms. The van der Waals surface area contributed by atoms with Crippen molar-refractivity contribution in [2.75, 3.05) is 0 Å². The van der Waals surface area contributed by atoms with Gasteiger partial charge in [0.1, 0.15) is 0 Å². The lowest BCUT2D eigenvalue weighted by Gasteiger charge is -2.25. The van der Waals surface area contributed by atoms with E-state index in [2.05, 4.69) is 33.4 Å². The zero-order valence-electron chi connectivity index (χ0n) is 10.4. The zero-order valence-corrected chi connectivity index (χ0v) is 10.4. The molecule has 1 fully saturated rings. The molecular weight excluding hydrogens is 180 g/mol. The molecule has 0 aromatic heterocycles. The number of allylic oxidation sites excluding steroid dienone is 3. The first-order valence-corrected chi connectivity index (χ1v) is 6.41. The van der Waals surface area contributed by atoms with Gasteiger partial charge in [-0.25, -0.2) is 0 Å². The minimum Gasteiger partial charge on any atom is -0.0998 e. The molecule has 1 saturated carbocycles. The van der Waals surface area contributed by atoms with E-state index in [1.165, 1.54) is 31.3 Å². The highest BCUT2D eigenvalue weighted by atomic mass is 14.4. The van der Waals surface area contributed by atoms with Gasteiger partial charge in [-0.15, -0.1) is 0 Å². The van der Waals surface area contributed by atoms with Crippen LogP contribution >= 0.6 is 0 Å². The minimum absolute atomic E-state index is 0.746. The summed E-state index contributed by atoms with van der Waals surface area (Å²) in [6.07, 6.45) is 7.97. The number of hydrogen-bond acceptors (Lipinski definition) is 0. The molecule has 0 aromatic carbocycles. The summed E-state index contributed by atoms with van der Waals surface area (Å²) < 4.78 is 0. The summed E-state index contributed by atoms with van der Waals surface area (Å²) in [7, 11) is 0.